The number of hydrogen-bond donors (Lipinski definition) is 2. The van der Waals surface area contributed by atoms with Crippen molar-refractivity contribution in [1.82, 2.24) is 0 Å². The van der Waals surface area contributed by atoms with E-state index in [4.69, 9.17) is 28.9 Å². The lowest BCUT2D eigenvalue weighted by Crippen LogP contribution is -2.12. The monoisotopic (exact) mass is 300 g/mol. The molecule has 6 heteroatoms. The first kappa shape index (κ1) is 13.2. The Morgan fingerprint density at radius 3 is 2.72 bits per heavy atom. The fourth-order valence-corrected chi connectivity index (χ4v) is 2.74. The highest BCUT2D eigenvalue weighted by Gasteiger charge is 2.15. The molecule has 0 bridgehead atoms. The van der Waals surface area contributed by atoms with Gasteiger partial charge in [-0.05, 0) is 36.1 Å². The number of halogens is 2. The largest absolute Gasteiger partial charge is 0.397 e. The second-order valence-corrected chi connectivity index (χ2v) is 5.44. The molecule has 0 aliphatic carbocycles. The molecule has 0 spiro atoms. The van der Waals surface area contributed by atoms with Crippen LogP contribution >= 0.6 is 34.5 Å². The number of rotatable bonds is 2. The quantitative estimate of drug-likeness (QED) is 0.817. The summed E-state index contributed by atoms with van der Waals surface area (Å²) in [4.78, 5) is 12.5. The second-order valence-electron chi connectivity index (χ2n) is 3.75. The van der Waals surface area contributed by atoms with Crippen molar-refractivity contribution in [2.75, 3.05) is 11.1 Å². The van der Waals surface area contributed by atoms with Crippen molar-refractivity contribution >= 4 is 51.8 Å². The van der Waals surface area contributed by atoms with Crippen molar-refractivity contribution in [1.29, 1.82) is 0 Å². The number of aryl methyl sites for hydroxylation is 1. The van der Waals surface area contributed by atoms with Crippen LogP contribution in [-0.2, 0) is 0 Å². The number of thiophene rings is 1. The number of carbonyl (C=O) groups excluding carboxylic acids is 1. The predicted octanol–water partition coefficient (Wildman–Crippen LogP) is 4.20. The molecule has 94 valence electrons. The van der Waals surface area contributed by atoms with Crippen molar-refractivity contribution < 1.29 is 4.79 Å². The summed E-state index contributed by atoms with van der Waals surface area (Å²) in [5, 5.41) is 5.51. The lowest BCUT2D eigenvalue weighted by Gasteiger charge is -2.07. The summed E-state index contributed by atoms with van der Waals surface area (Å²) in [6.45, 7) is 1.85. The van der Waals surface area contributed by atoms with Crippen LogP contribution < -0.4 is 11.1 Å². The minimum absolute atomic E-state index is 0.285. The van der Waals surface area contributed by atoms with E-state index in [0.29, 0.717) is 26.3 Å². The summed E-state index contributed by atoms with van der Waals surface area (Å²) in [5.41, 5.74) is 7.57. The van der Waals surface area contributed by atoms with Gasteiger partial charge in [-0.3, -0.25) is 4.79 Å². The zero-order valence-electron chi connectivity index (χ0n) is 9.46. The van der Waals surface area contributed by atoms with E-state index in [-0.39, 0.29) is 5.91 Å². The normalized spacial score (nSPS) is 10.4. The number of benzene rings is 1. The lowest BCUT2D eigenvalue weighted by atomic mass is 10.2. The molecule has 0 aliphatic heterocycles. The van der Waals surface area contributed by atoms with Gasteiger partial charge in [0.15, 0.2) is 0 Å². The third-order valence-electron chi connectivity index (χ3n) is 2.37. The van der Waals surface area contributed by atoms with Gasteiger partial charge in [0.05, 0.1) is 16.4 Å². The van der Waals surface area contributed by atoms with E-state index in [9.17, 15) is 4.79 Å². The number of nitrogen functional groups attached to an aromatic ring is 1. The Labute approximate surface area is 119 Å². The van der Waals surface area contributed by atoms with Gasteiger partial charge >= 0.3 is 0 Å². The van der Waals surface area contributed by atoms with Crippen molar-refractivity contribution in [3.63, 3.8) is 0 Å². The highest BCUT2D eigenvalue weighted by atomic mass is 35.5. The number of carbonyl (C=O) groups is 1. The Morgan fingerprint density at radius 1 is 1.39 bits per heavy atom. The van der Waals surface area contributed by atoms with E-state index in [1.165, 1.54) is 11.3 Å². The predicted molar refractivity (Wildman–Crippen MR) is 77.9 cm³/mol. The fourth-order valence-electron chi connectivity index (χ4n) is 1.40. The number of nitrogens with two attached hydrogens (primary N) is 1. The third kappa shape index (κ3) is 2.61. The molecule has 1 heterocycles. The summed E-state index contributed by atoms with van der Waals surface area (Å²) >= 11 is 13.2. The van der Waals surface area contributed by atoms with Gasteiger partial charge in [-0.25, -0.2) is 0 Å². The highest BCUT2D eigenvalue weighted by Crippen LogP contribution is 2.29. The van der Waals surface area contributed by atoms with Crippen LogP contribution in [0.15, 0.2) is 23.6 Å². The molecule has 1 aromatic carbocycles. The van der Waals surface area contributed by atoms with Gasteiger partial charge in [0, 0.05) is 5.02 Å². The first-order valence-electron chi connectivity index (χ1n) is 5.09. The summed E-state index contributed by atoms with van der Waals surface area (Å²) in [5.74, 6) is -0.285. The van der Waals surface area contributed by atoms with Gasteiger partial charge in [-0.15, -0.1) is 11.3 Å². The molecule has 0 fully saturated rings. The zero-order chi connectivity index (χ0) is 13.3. The van der Waals surface area contributed by atoms with Crippen LogP contribution in [-0.4, -0.2) is 5.91 Å². The fraction of sp³-hybridized carbons (Fsp3) is 0.0833. The van der Waals surface area contributed by atoms with Gasteiger partial charge in [-0.2, -0.15) is 0 Å². The maximum atomic E-state index is 12.0. The second kappa shape index (κ2) is 5.18. The van der Waals surface area contributed by atoms with Crippen LogP contribution in [0.3, 0.4) is 0 Å². The molecule has 0 saturated heterocycles. The Kier molecular flexibility index (Phi) is 3.80. The Bertz CT molecular complexity index is 610. The minimum Gasteiger partial charge on any atom is -0.397 e. The third-order valence-corrected chi connectivity index (χ3v) is 4.30. The summed E-state index contributed by atoms with van der Waals surface area (Å²) < 4.78 is 0. The molecule has 1 amide bonds. The van der Waals surface area contributed by atoms with Gasteiger partial charge in [0.2, 0.25) is 0 Å². The molecule has 0 atom stereocenters. The molecule has 18 heavy (non-hydrogen) atoms. The molecule has 0 saturated carbocycles. The Balaban J connectivity index is 2.27. The van der Waals surface area contributed by atoms with Crippen LogP contribution in [0.5, 0.6) is 0 Å². The number of anilines is 2. The van der Waals surface area contributed by atoms with E-state index in [2.05, 4.69) is 5.32 Å². The van der Waals surface area contributed by atoms with E-state index in [1.807, 2.05) is 12.3 Å². The topological polar surface area (TPSA) is 55.1 Å². The molecule has 0 unspecified atom stereocenters. The maximum absolute atomic E-state index is 12.0. The van der Waals surface area contributed by atoms with Crippen molar-refractivity contribution in [3.8, 4) is 0 Å². The summed E-state index contributed by atoms with van der Waals surface area (Å²) in [6.07, 6.45) is 0. The molecule has 0 aliphatic rings. The Hall–Kier alpha value is -1.23. The van der Waals surface area contributed by atoms with E-state index < -0.39 is 0 Å². The first-order chi connectivity index (χ1) is 8.49. The molecule has 0 radical (unpaired) electrons. The van der Waals surface area contributed by atoms with Gasteiger partial charge in [-0.1, -0.05) is 23.2 Å². The first-order valence-corrected chi connectivity index (χ1v) is 6.72. The van der Waals surface area contributed by atoms with E-state index in [0.717, 1.165) is 5.56 Å². The van der Waals surface area contributed by atoms with Crippen LogP contribution in [0, 0.1) is 6.92 Å². The highest BCUT2D eigenvalue weighted by molar-refractivity contribution is 7.13. The van der Waals surface area contributed by atoms with Crippen LogP contribution in [0.1, 0.15) is 15.2 Å². The molecular formula is C12H10Cl2N2OS. The van der Waals surface area contributed by atoms with Crippen LogP contribution in [0.4, 0.5) is 11.4 Å². The number of hydrogen-bond acceptors (Lipinski definition) is 3. The zero-order valence-corrected chi connectivity index (χ0v) is 11.8. The molecule has 2 aromatic rings. The summed E-state index contributed by atoms with van der Waals surface area (Å²) in [6, 6.07) is 4.90. The van der Waals surface area contributed by atoms with Crippen molar-refractivity contribution in [2.45, 2.75) is 6.92 Å². The number of amides is 1. The van der Waals surface area contributed by atoms with Gasteiger partial charge in [0.1, 0.15) is 4.88 Å². The van der Waals surface area contributed by atoms with Crippen LogP contribution in [0.2, 0.25) is 10.0 Å². The smallest absolute Gasteiger partial charge is 0.267 e. The standard InChI is InChI=1S/C12H10Cl2N2OS/c1-6-5-18-11(10(6)14)12(17)16-9-4-7(13)2-3-8(9)15/h2-5H,15H2,1H3,(H,16,17). The van der Waals surface area contributed by atoms with Crippen molar-refractivity contribution in [2.24, 2.45) is 0 Å². The van der Waals surface area contributed by atoms with Gasteiger partial charge in [0.25, 0.3) is 5.91 Å². The average molecular weight is 301 g/mol. The SMILES string of the molecule is Cc1csc(C(=O)Nc2cc(Cl)ccc2N)c1Cl. The molecule has 2 rings (SSSR count). The Morgan fingerprint density at radius 2 is 2.11 bits per heavy atom. The van der Waals surface area contributed by atoms with Gasteiger partial charge < -0.3 is 11.1 Å². The molecule has 3 nitrogen and oxygen atoms in total. The molecule has 1 aromatic heterocycles. The van der Waals surface area contributed by atoms with E-state index >= 15 is 0 Å². The average Bonchev–Trinajstić information content (AvgIpc) is 2.65. The lowest BCUT2D eigenvalue weighted by molar-refractivity contribution is 0.103. The number of nitrogens with one attached hydrogen (secondary N) is 1. The van der Waals surface area contributed by atoms with Crippen LogP contribution in [0.25, 0.3) is 0 Å². The molecule has 3 N–H and O–H groups in total. The maximum Gasteiger partial charge on any atom is 0.267 e. The summed E-state index contributed by atoms with van der Waals surface area (Å²) in [7, 11) is 0. The van der Waals surface area contributed by atoms with E-state index in [1.54, 1.807) is 18.2 Å². The minimum atomic E-state index is -0.285. The molecular weight excluding hydrogens is 291 g/mol. The van der Waals surface area contributed by atoms with Crippen molar-refractivity contribution in [3.05, 3.63) is 44.1 Å².